The zero-order valence-corrected chi connectivity index (χ0v) is 8.29. The van der Waals surface area contributed by atoms with Gasteiger partial charge in [0.2, 0.25) is 5.91 Å². The monoisotopic (exact) mass is 203 g/mol. The van der Waals surface area contributed by atoms with Crippen LogP contribution in [0.2, 0.25) is 0 Å². The maximum Gasteiger partial charge on any atom is 0.232 e. The van der Waals surface area contributed by atoms with Crippen LogP contribution < -0.4 is 16.8 Å². The van der Waals surface area contributed by atoms with Crippen LogP contribution in [0, 0.1) is 0 Å². The fourth-order valence-corrected chi connectivity index (χ4v) is 1.81. The molecule has 0 radical (unpaired) electrons. The molecule has 1 unspecified atom stereocenters. The van der Waals surface area contributed by atoms with Crippen LogP contribution in [-0.2, 0) is 4.79 Å². The zero-order chi connectivity index (χ0) is 11.0. The minimum absolute atomic E-state index is 0.0186. The number of amides is 1. The van der Waals surface area contributed by atoms with Gasteiger partial charge in [-0.15, -0.1) is 6.58 Å². The van der Waals surface area contributed by atoms with E-state index >= 15 is 0 Å². The summed E-state index contributed by atoms with van der Waals surface area (Å²) in [5, 5.41) is 2.78. The molecule has 0 aromatic heterocycles. The molecule has 4 nitrogen and oxygen atoms in total. The van der Waals surface area contributed by atoms with Crippen molar-refractivity contribution < 1.29 is 4.79 Å². The van der Waals surface area contributed by atoms with Crippen LogP contribution in [-0.4, -0.2) is 5.91 Å². The fraction of sp³-hybridized carbons (Fsp3) is 0.182. The average Bonchev–Trinajstić information content (AvgIpc) is 2.46. The van der Waals surface area contributed by atoms with E-state index in [1.54, 1.807) is 18.2 Å². The van der Waals surface area contributed by atoms with Crippen molar-refractivity contribution in [2.75, 3.05) is 16.8 Å². The third-order valence-corrected chi connectivity index (χ3v) is 2.61. The lowest BCUT2D eigenvalue weighted by atomic mass is 9.96. The van der Waals surface area contributed by atoms with Crippen LogP contribution in [0.15, 0.2) is 24.8 Å². The minimum atomic E-state index is -0.180. The predicted molar refractivity (Wildman–Crippen MR) is 61.5 cm³/mol. The maximum atomic E-state index is 11.6. The van der Waals surface area contributed by atoms with Crippen LogP contribution in [0.4, 0.5) is 17.1 Å². The number of carbonyl (C=O) groups is 1. The van der Waals surface area contributed by atoms with Gasteiger partial charge in [0, 0.05) is 5.69 Å². The number of anilines is 3. The number of hydrogen-bond acceptors (Lipinski definition) is 3. The van der Waals surface area contributed by atoms with E-state index in [0.29, 0.717) is 17.8 Å². The summed E-state index contributed by atoms with van der Waals surface area (Å²) < 4.78 is 0. The molecule has 78 valence electrons. The third-order valence-electron chi connectivity index (χ3n) is 2.61. The SMILES string of the molecule is C=CCC1C(=O)Nc2cc(N)c(N)cc21. The van der Waals surface area contributed by atoms with Crippen LogP contribution in [0.5, 0.6) is 0 Å². The quantitative estimate of drug-likeness (QED) is 0.502. The van der Waals surface area contributed by atoms with Gasteiger partial charge >= 0.3 is 0 Å². The number of nitrogens with two attached hydrogens (primary N) is 2. The molecule has 5 N–H and O–H groups in total. The Morgan fingerprint density at radius 3 is 2.73 bits per heavy atom. The second kappa shape index (κ2) is 3.31. The first-order valence-electron chi connectivity index (χ1n) is 4.74. The van der Waals surface area contributed by atoms with E-state index in [2.05, 4.69) is 11.9 Å². The van der Waals surface area contributed by atoms with Crippen molar-refractivity contribution in [1.82, 2.24) is 0 Å². The number of carbonyl (C=O) groups excluding carboxylic acids is 1. The summed E-state index contributed by atoms with van der Waals surface area (Å²) in [6.45, 7) is 3.64. The Labute approximate surface area is 88.0 Å². The van der Waals surface area contributed by atoms with Crippen LogP contribution in [0.1, 0.15) is 17.9 Å². The van der Waals surface area contributed by atoms with Crippen molar-refractivity contribution in [2.45, 2.75) is 12.3 Å². The van der Waals surface area contributed by atoms with Crippen molar-refractivity contribution in [3.8, 4) is 0 Å². The Hall–Kier alpha value is -1.97. The molecule has 1 aromatic rings. The standard InChI is InChI=1S/C11H13N3O/c1-2-3-6-7-4-8(12)9(13)5-10(7)14-11(6)15/h2,4-6H,1,3,12-13H2,(H,14,15). The maximum absolute atomic E-state index is 11.6. The second-order valence-corrected chi connectivity index (χ2v) is 3.63. The molecule has 15 heavy (non-hydrogen) atoms. The highest BCUT2D eigenvalue weighted by molar-refractivity contribution is 6.04. The molecular weight excluding hydrogens is 190 g/mol. The molecule has 1 heterocycles. The van der Waals surface area contributed by atoms with Gasteiger partial charge in [-0.3, -0.25) is 4.79 Å². The number of rotatable bonds is 2. The lowest BCUT2D eigenvalue weighted by Crippen LogP contribution is -2.10. The van der Waals surface area contributed by atoms with E-state index < -0.39 is 0 Å². The van der Waals surface area contributed by atoms with E-state index in [4.69, 9.17) is 11.5 Å². The van der Waals surface area contributed by atoms with E-state index in [9.17, 15) is 4.79 Å². The highest BCUT2D eigenvalue weighted by atomic mass is 16.2. The molecule has 1 aliphatic heterocycles. The Morgan fingerprint density at radius 2 is 2.07 bits per heavy atom. The van der Waals surface area contributed by atoms with Crippen LogP contribution in [0.25, 0.3) is 0 Å². The summed E-state index contributed by atoms with van der Waals surface area (Å²) in [5.74, 6) is -0.199. The molecule has 1 amide bonds. The highest BCUT2D eigenvalue weighted by Gasteiger charge is 2.29. The topological polar surface area (TPSA) is 81.1 Å². The summed E-state index contributed by atoms with van der Waals surface area (Å²) in [6, 6.07) is 3.46. The predicted octanol–water partition coefficient (Wildman–Crippen LogP) is 1.46. The van der Waals surface area contributed by atoms with Gasteiger partial charge in [0.25, 0.3) is 0 Å². The Kier molecular flexibility index (Phi) is 2.11. The Bertz CT molecular complexity index is 440. The molecule has 0 bridgehead atoms. The van der Waals surface area contributed by atoms with Gasteiger partial charge < -0.3 is 16.8 Å². The molecule has 0 fully saturated rings. The summed E-state index contributed by atoms with van der Waals surface area (Å²) in [5.41, 5.74) is 14.0. The first-order chi connectivity index (χ1) is 7.13. The van der Waals surface area contributed by atoms with Crippen molar-refractivity contribution in [2.24, 2.45) is 0 Å². The summed E-state index contributed by atoms with van der Waals surface area (Å²) >= 11 is 0. The normalized spacial score (nSPS) is 18.4. The first-order valence-corrected chi connectivity index (χ1v) is 4.74. The van der Waals surface area contributed by atoms with Gasteiger partial charge in [0.1, 0.15) is 0 Å². The van der Waals surface area contributed by atoms with Gasteiger partial charge in [-0.2, -0.15) is 0 Å². The Balaban J connectivity index is 2.48. The van der Waals surface area contributed by atoms with Gasteiger partial charge in [-0.05, 0) is 24.1 Å². The number of nitrogen functional groups attached to an aromatic ring is 2. The summed E-state index contributed by atoms with van der Waals surface area (Å²) in [4.78, 5) is 11.6. The first kappa shape index (κ1) is 9.58. The second-order valence-electron chi connectivity index (χ2n) is 3.63. The number of allylic oxidation sites excluding steroid dienone is 1. The summed E-state index contributed by atoms with van der Waals surface area (Å²) in [7, 11) is 0. The van der Waals surface area contributed by atoms with Gasteiger partial charge in [0.05, 0.1) is 17.3 Å². The highest BCUT2D eigenvalue weighted by Crippen LogP contribution is 2.38. The molecule has 0 saturated heterocycles. The van der Waals surface area contributed by atoms with Crippen LogP contribution >= 0.6 is 0 Å². The number of benzene rings is 1. The molecule has 0 aliphatic carbocycles. The van der Waals surface area contributed by atoms with Crippen molar-refractivity contribution in [1.29, 1.82) is 0 Å². The van der Waals surface area contributed by atoms with E-state index in [1.807, 2.05) is 0 Å². The average molecular weight is 203 g/mol. The van der Waals surface area contributed by atoms with Crippen molar-refractivity contribution in [3.05, 3.63) is 30.4 Å². The smallest absolute Gasteiger partial charge is 0.232 e. The van der Waals surface area contributed by atoms with Crippen molar-refractivity contribution >= 4 is 23.0 Å². The largest absolute Gasteiger partial charge is 0.397 e. The Morgan fingerprint density at radius 1 is 1.40 bits per heavy atom. The van der Waals surface area contributed by atoms with Gasteiger partial charge in [-0.1, -0.05) is 6.08 Å². The van der Waals surface area contributed by atoms with Crippen molar-refractivity contribution in [3.63, 3.8) is 0 Å². The molecule has 1 atom stereocenters. The molecule has 1 aliphatic rings. The minimum Gasteiger partial charge on any atom is -0.397 e. The van der Waals surface area contributed by atoms with E-state index in [0.717, 1.165) is 11.3 Å². The zero-order valence-electron chi connectivity index (χ0n) is 8.29. The summed E-state index contributed by atoms with van der Waals surface area (Å²) in [6.07, 6.45) is 2.34. The molecule has 2 rings (SSSR count). The molecular formula is C11H13N3O. The van der Waals surface area contributed by atoms with Gasteiger partial charge in [-0.25, -0.2) is 0 Å². The fourth-order valence-electron chi connectivity index (χ4n) is 1.81. The van der Waals surface area contributed by atoms with Gasteiger partial charge in [0.15, 0.2) is 0 Å². The molecule has 4 heteroatoms. The third kappa shape index (κ3) is 1.44. The number of hydrogen-bond donors (Lipinski definition) is 3. The molecule has 1 aromatic carbocycles. The lowest BCUT2D eigenvalue weighted by Gasteiger charge is -2.07. The molecule has 0 saturated carbocycles. The van der Waals surface area contributed by atoms with Crippen LogP contribution in [0.3, 0.4) is 0 Å². The number of fused-ring (bicyclic) bond motifs is 1. The molecule has 0 spiro atoms. The lowest BCUT2D eigenvalue weighted by molar-refractivity contribution is -0.116. The number of nitrogens with one attached hydrogen (secondary N) is 1. The van der Waals surface area contributed by atoms with E-state index in [-0.39, 0.29) is 11.8 Å². The van der Waals surface area contributed by atoms with E-state index in [1.165, 1.54) is 0 Å².